The number of pyridine rings is 1. The van der Waals surface area contributed by atoms with E-state index < -0.39 is 5.97 Å². The molecule has 0 aliphatic heterocycles. The molecule has 196 valence electrons. The number of rotatable bonds is 7. The van der Waals surface area contributed by atoms with Crippen LogP contribution in [0.3, 0.4) is 0 Å². The van der Waals surface area contributed by atoms with Crippen LogP contribution in [0.15, 0.2) is 122 Å². The topological polar surface area (TPSA) is 70.8 Å². The molecule has 2 heterocycles. The molecular weight excluding hydrogens is 496 g/mol. The zero-order valence-electron chi connectivity index (χ0n) is 22.0. The van der Waals surface area contributed by atoms with Gasteiger partial charge in [0.05, 0.1) is 16.6 Å². The summed E-state index contributed by atoms with van der Waals surface area (Å²) < 4.78 is 2.05. The van der Waals surface area contributed by atoms with E-state index in [1.165, 1.54) is 16.3 Å². The van der Waals surface area contributed by atoms with Gasteiger partial charge in [-0.2, -0.15) is 0 Å². The Morgan fingerprint density at radius 1 is 0.800 bits per heavy atom. The smallest absolute Gasteiger partial charge is 0.335 e. The Bertz CT molecular complexity index is 1850. The first-order valence-corrected chi connectivity index (χ1v) is 13.3. The molecule has 5 heteroatoms. The molecule has 0 saturated carbocycles. The number of nitrogens with zero attached hydrogens (tertiary/aromatic N) is 1. The van der Waals surface area contributed by atoms with Gasteiger partial charge in [0.15, 0.2) is 0 Å². The zero-order valence-corrected chi connectivity index (χ0v) is 22.0. The first-order valence-electron chi connectivity index (χ1n) is 13.3. The molecule has 0 bridgehead atoms. The van der Waals surface area contributed by atoms with Gasteiger partial charge < -0.3 is 14.8 Å². The third kappa shape index (κ3) is 4.85. The summed E-state index contributed by atoms with van der Waals surface area (Å²) in [6, 6.07) is 35.5. The van der Waals surface area contributed by atoms with Crippen LogP contribution in [0.1, 0.15) is 50.2 Å². The van der Waals surface area contributed by atoms with E-state index in [9.17, 15) is 14.7 Å². The standard InChI is InChI=1S/C35H28N2O3/c1-23(28-16-15-26-9-5-6-10-29(26)19-28)31-17-18-37-22-30(25-7-3-2-4-8-25)20-32(33(31)37)34(38)36-21-24-11-13-27(14-12-24)35(39)40/h2-20,22-23H,21H2,1H3,(H,36,38)(H,39,40)/t23-/m0/s1. The average molecular weight is 525 g/mol. The van der Waals surface area contributed by atoms with E-state index in [0.717, 1.165) is 27.8 Å². The molecule has 40 heavy (non-hydrogen) atoms. The van der Waals surface area contributed by atoms with Gasteiger partial charge >= 0.3 is 5.97 Å². The number of nitrogens with one attached hydrogen (secondary N) is 1. The Kier molecular flexibility index (Phi) is 6.62. The fraction of sp³-hybridized carbons (Fsp3) is 0.0857. The summed E-state index contributed by atoms with van der Waals surface area (Å²) in [6.45, 7) is 2.47. The van der Waals surface area contributed by atoms with Crippen LogP contribution in [0.2, 0.25) is 0 Å². The molecule has 0 radical (unpaired) electrons. The van der Waals surface area contributed by atoms with Gasteiger partial charge in [-0.1, -0.05) is 91.9 Å². The molecule has 6 rings (SSSR count). The number of aromatic nitrogens is 1. The van der Waals surface area contributed by atoms with Gasteiger partial charge in [0, 0.05) is 24.9 Å². The van der Waals surface area contributed by atoms with Crippen LogP contribution in [0.25, 0.3) is 27.4 Å². The largest absolute Gasteiger partial charge is 0.478 e. The molecule has 5 nitrogen and oxygen atoms in total. The normalized spacial score (nSPS) is 11.9. The fourth-order valence-corrected chi connectivity index (χ4v) is 5.29. The lowest BCUT2D eigenvalue weighted by Gasteiger charge is -2.16. The minimum absolute atomic E-state index is 0.0623. The number of aromatic carboxylic acids is 1. The number of amides is 1. The van der Waals surface area contributed by atoms with Gasteiger partial charge in [-0.05, 0) is 62.9 Å². The lowest BCUT2D eigenvalue weighted by molar-refractivity contribution is 0.0696. The number of fused-ring (bicyclic) bond motifs is 2. The second-order valence-corrected chi connectivity index (χ2v) is 10.0. The van der Waals surface area contributed by atoms with E-state index in [-0.39, 0.29) is 23.9 Å². The molecule has 2 N–H and O–H groups in total. The maximum atomic E-state index is 13.8. The SMILES string of the molecule is C[C@@H](c1ccc2ccccc2c1)c1ccn2cc(-c3ccccc3)cc(C(=O)NCc3ccc(C(=O)O)cc3)c12. The molecule has 0 unspecified atom stereocenters. The van der Waals surface area contributed by atoms with Crippen molar-refractivity contribution in [3.8, 4) is 11.1 Å². The van der Waals surface area contributed by atoms with E-state index in [0.29, 0.717) is 5.56 Å². The number of carboxylic acid groups (broad SMARTS) is 1. The first-order chi connectivity index (χ1) is 19.5. The van der Waals surface area contributed by atoms with Gasteiger partial charge in [-0.15, -0.1) is 0 Å². The van der Waals surface area contributed by atoms with Crippen molar-refractivity contribution in [2.45, 2.75) is 19.4 Å². The summed E-state index contributed by atoms with van der Waals surface area (Å²) in [7, 11) is 0. The minimum Gasteiger partial charge on any atom is -0.478 e. The van der Waals surface area contributed by atoms with Crippen LogP contribution in [0, 0.1) is 0 Å². The number of hydrogen-bond donors (Lipinski definition) is 2. The average Bonchev–Trinajstić information content (AvgIpc) is 3.43. The van der Waals surface area contributed by atoms with Crippen molar-refractivity contribution in [3.63, 3.8) is 0 Å². The molecule has 4 aromatic carbocycles. The van der Waals surface area contributed by atoms with Crippen LogP contribution >= 0.6 is 0 Å². The summed E-state index contributed by atoms with van der Waals surface area (Å²) in [5.74, 6) is -1.10. The molecule has 0 spiro atoms. The van der Waals surface area contributed by atoms with Crippen molar-refractivity contribution in [2.24, 2.45) is 0 Å². The quantitative estimate of drug-likeness (QED) is 0.227. The molecule has 0 saturated heterocycles. The summed E-state index contributed by atoms with van der Waals surface area (Å²) in [4.78, 5) is 24.9. The van der Waals surface area contributed by atoms with Crippen molar-refractivity contribution in [1.29, 1.82) is 0 Å². The van der Waals surface area contributed by atoms with Gasteiger partial charge in [0.2, 0.25) is 0 Å². The number of carboxylic acids is 1. The van der Waals surface area contributed by atoms with E-state index in [1.54, 1.807) is 24.3 Å². The number of carbonyl (C=O) groups excluding carboxylic acids is 1. The Morgan fingerprint density at radius 3 is 2.27 bits per heavy atom. The highest BCUT2D eigenvalue weighted by molar-refractivity contribution is 6.03. The third-order valence-electron chi connectivity index (χ3n) is 7.53. The number of carbonyl (C=O) groups is 2. The summed E-state index contributed by atoms with van der Waals surface area (Å²) >= 11 is 0. The lowest BCUT2D eigenvalue weighted by Crippen LogP contribution is -2.24. The Morgan fingerprint density at radius 2 is 1.52 bits per heavy atom. The number of benzene rings is 4. The zero-order chi connectivity index (χ0) is 27.6. The maximum Gasteiger partial charge on any atom is 0.335 e. The van der Waals surface area contributed by atoms with E-state index >= 15 is 0 Å². The fourth-order valence-electron chi connectivity index (χ4n) is 5.29. The van der Waals surface area contributed by atoms with Crippen LogP contribution in [0.5, 0.6) is 0 Å². The van der Waals surface area contributed by atoms with Crippen LogP contribution in [-0.2, 0) is 6.54 Å². The third-order valence-corrected chi connectivity index (χ3v) is 7.53. The van der Waals surface area contributed by atoms with Gasteiger partial charge in [-0.25, -0.2) is 4.79 Å². The van der Waals surface area contributed by atoms with Gasteiger partial charge in [-0.3, -0.25) is 4.79 Å². The number of hydrogen-bond acceptors (Lipinski definition) is 2. The van der Waals surface area contributed by atoms with E-state index in [1.807, 2.05) is 59.1 Å². The first kappa shape index (κ1) is 25.1. The minimum atomic E-state index is -0.975. The molecular formula is C35H28N2O3. The van der Waals surface area contributed by atoms with Crippen molar-refractivity contribution >= 4 is 28.2 Å². The molecule has 1 atom stereocenters. The molecule has 0 aliphatic carbocycles. The molecule has 0 aliphatic rings. The predicted molar refractivity (Wildman–Crippen MR) is 159 cm³/mol. The van der Waals surface area contributed by atoms with Crippen LogP contribution in [-0.4, -0.2) is 21.4 Å². The van der Waals surface area contributed by atoms with Crippen molar-refractivity contribution in [3.05, 3.63) is 149 Å². The van der Waals surface area contributed by atoms with Crippen LogP contribution in [0.4, 0.5) is 0 Å². The summed E-state index contributed by atoms with van der Waals surface area (Å²) in [5.41, 5.74) is 6.75. The Hall–Kier alpha value is -5.16. The molecule has 2 aromatic heterocycles. The monoisotopic (exact) mass is 524 g/mol. The summed E-state index contributed by atoms with van der Waals surface area (Å²) in [5, 5.41) is 14.6. The second kappa shape index (κ2) is 10.5. The van der Waals surface area contributed by atoms with Gasteiger partial charge in [0.25, 0.3) is 5.91 Å². The van der Waals surface area contributed by atoms with Crippen molar-refractivity contribution in [1.82, 2.24) is 9.72 Å². The second-order valence-electron chi connectivity index (χ2n) is 10.0. The van der Waals surface area contributed by atoms with E-state index in [2.05, 4.69) is 54.8 Å². The van der Waals surface area contributed by atoms with Gasteiger partial charge in [0.1, 0.15) is 0 Å². The molecule has 1 amide bonds. The Labute approximate surface area is 232 Å². The molecule has 6 aromatic rings. The lowest BCUT2D eigenvalue weighted by atomic mass is 9.90. The van der Waals surface area contributed by atoms with E-state index in [4.69, 9.17) is 0 Å². The van der Waals surface area contributed by atoms with Crippen LogP contribution < -0.4 is 5.32 Å². The highest BCUT2D eigenvalue weighted by atomic mass is 16.4. The Balaban J connectivity index is 1.40. The maximum absolute atomic E-state index is 13.8. The highest BCUT2D eigenvalue weighted by Gasteiger charge is 2.21. The predicted octanol–water partition coefficient (Wildman–Crippen LogP) is 7.54. The van der Waals surface area contributed by atoms with Crippen molar-refractivity contribution < 1.29 is 14.7 Å². The summed E-state index contributed by atoms with van der Waals surface area (Å²) in [6.07, 6.45) is 4.10. The van der Waals surface area contributed by atoms with Crippen molar-refractivity contribution in [2.75, 3.05) is 0 Å². The highest BCUT2D eigenvalue weighted by Crippen LogP contribution is 2.34. The molecule has 0 fully saturated rings.